The number of amides is 1. The first kappa shape index (κ1) is 20.3. The van der Waals surface area contributed by atoms with Gasteiger partial charge in [0.15, 0.2) is 5.17 Å². The Kier molecular flexibility index (Phi) is 5.32. The number of benzene rings is 1. The van der Waals surface area contributed by atoms with Crippen LogP contribution in [-0.4, -0.2) is 40.0 Å². The number of halogens is 1. The monoisotopic (exact) mass is 429 g/mol. The van der Waals surface area contributed by atoms with E-state index < -0.39 is 0 Å². The SMILES string of the molecule is CCCN1C(=NC23CC4CC(CC(C4)C2)C3)SCC1N(C(C)=O)c1ccc(F)cc1. The highest BCUT2D eigenvalue weighted by Crippen LogP contribution is 2.57. The quantitative estimate of drug-likeness (QED) is 0.638. The van der Waals surface area contributed by atoms with E-state index in [9.17, 15) is 9.18 Å². The second kappa shape index (κ2) is 7.85. The summed E-state index contributed by atoms with van der Waals surface area (Å²) in [5.41, 5.74) is 0.890. The van der Waals surface area contributed by atoms with Gasteiger partial charge in [-0.15, -0.1) is 0 Å². The van der Waals surface area contributed by atoms with Crippen molar-refractivity contribution in [3.63, 3.8) is 0 Å². The van der Waals surface area contributed by atoms with Crippen molar-refractivity contribution in [3.8, 4) is 0 Å². The maximum absolute atomic E-state index is 13.5. The number of thioether (sulfide) groups is 1. The van der Waals surface area contributed by atoms with Crippen LogP contribution in [0.15, 0.2) is 29.3 Å². The van der Waals surface area contributed by atoms with Crippen molar-refractivity contribution in [1.29, 1.82) is 0 Å². The van der Waals surface area contributed by atoms with Crippen LogP contribution in [-0.2, 0) is 4.79 Å². The highest BCUT2D eigenvalue weighted by molar-refractivity contribution is 8.14. The molecule has 1 aromatic rings. The summed E-state index contributed by atoms with van der Waals surface area (Å²) < 4.78 is 13.5. The Balaban J connectivity index is 1.44. The molecule has 4 aliphatic carbocycles. The lowest BCUT2D eigenvalue weighted by molar-refractivity contribution is -0.117. The molecule has 4 saturated carbocycles. The number of nitrogens with zero attached hydrogens (tertiary/aromatic N) is 3. The molecular formula is C24H32FN3OS. The Morgan fingerprint density at radius 1 is 1.17 bits per heavy atom. The standard InChI is InChI=1S/C24H32FN3OS/c1-3-8-27-22(28(16(2)29)21-6-4-20(25)5-7-21)15-30-23(27)26-24-12-17-9-18(13-24)11-19(10-17)14-24/h4-7,17-19,22H,3,8-15H2,1-2H3. The lowest BCUT2D eigenvalue weighted by Crippen LogP contribution is -2.52. The minimum absolute atomic E-state index is 0.00985. The van der Waals surface area contributed by atoms with Crippen LogP contribution in [0.25, 0.3) is 0 Å². The van der Waals surface area contributed by atoms with E-state index in [1.165, 1.54) is 50.7 Å². The fraction of sp³-hybridized carbons (Fsp3) is 0.667. The van der Waals surface area contributed by atoms with Crippen LogP contribution in [0.4, 0.5) is 10.1 Å². The first-order valence-electron chi connectivity index (χ1n) is 11.5. The van der Waals surface area contributed by atoms with Crippen LogP contribution < -0.4 is 4.90 Å². The zero-order chi connectivity index (χ0) is 20.9. The van der Waals surface area contributed by atoms with Crippen LogP contribution >= 0.6 is 11.8 Å². The van der Waals surface area contributed by atoms with E-state index in [1.807, 2.05) is 4.90 Å². The van der Waals surface area contributed by atoms with Crippen molar-refractivity contribution >= 4 is 28.5 Å². The van der Waals surface area contributed by atoms with Crippen molar-refractivity contribution < 1.29 is 9.18 Å². The third kappa shape index (κ3) is 3.65. The molecule has 0 N–H and O–H groups in total. The Morgan fingerprint density at radius 2 is 1.77 bits per heavy atom. The third-order valence-electron chi connectivity index (χ3n) is 7.51. The summed E-state index contributed by atoms with van der Waals surface area (Å²) in [6, 6.07) is 6.28. The minimum Gasteiger partial charge on any atom is -0.330 e. The number of anilines is 1. The van der Waals surface area contributed by atoms with Crippen molar-refractivity contribution in [3.05, 3.63) is 30.1 Å². The van der Waals surface area contributed by atoms with E-state index in [1.54, 1.807) is 30.8 Å². The molecule has 5 aliphatic rings. The van der Waals surface area contributed by atoms with Gasteiger partial charge in [0.25, 0.3) is 0 Å². The molecule has 1 amide bonds. The minimum atomic E-state index is -0.280. The van der Waals surface area contributed by atoms with Gasteiger partial charge in [-0.2, -0.15) is 0 Å². The largest absolute Gasteiger partial charge is 0.330 e. The summed E-state index contributed by atoms with van der Waals surface area (Å²) >= 11 is 1.80. The maximum Gasteiger partial charge on any atom is 0.225 e. The van der Waals surface area contributed by atoms with Gasteiger partial charge < -0.3 is 4.90 Å². The molecule has 1 heterocycles. The van der Waals surface area contributed by atoms with Crippen molar-refractivity contribution in [2.24, 2.45) is 22.7 Å². The van der Waals surface area contributed by atoms with Crippen LogP contribution in [0.2, 0.25) is 0 Å². The Bertz CT molecular complexity index is 804. The molecule has 1 unspecified atom stereocenters. The van der Waals surface area contributed by atoms with E-state index in [4.69, 9.17) is 4.99 Å². The molecule has 4 bridgehead atoms. The Labute approximate surface area is 183 Å². The molecule has 0 aromatic heterocycles. The molecule has 1 aromatic carbocycles. The van der Waals surface area contributed by atoms with E-state index >= 15 is 0 Å². The molecule has 30 heavy (non-hydrogen) atoms. The lowest BCUT2D eigenvalue weighted by Gasteiger charge is -2.55. The van der Waals surface area contributed by atoms with Crippen LogP contribution in [0.5, 0.6) is 0 Å². The zero-order valence-electron chi connectivity index (χ0n) is 18.0. The molecule has 6 heteroatoms. The van der Waals surface area contributed by atoms with E-state index in [0.717, 1.165) is 47.3 Å². The fourth-order valence-electron chi connectivity index (χ4n) is 6.82. The molecule has 4 nitrogen and oxygen atoms in total. The summed E-state index contributed by atoms with van der Waals surface area (Å²) in [6.45, 7) is 4.67. The van der Waals surface area contributed by atoms with E-state index in [2.05, 4.69) is 11.8 Å². The normalized spacial score (nSPS) is 36.0. The smallest absolute Gasteiger partial charge is 0.225 e. The summed E-state index contributed by atoms with van der Waals surface area (Å²) in [4.78, 5) is 22.3. The van der Waals surface area contributed by atoms with Crippen molar-refractivity contribution in [2.45, 2.75) is 70.5 Å². The summed E-state index contributed by atoms with van der Waals surface area (Å²) in [7, 11) is 0. The Morgan fingerprint density at radius 3 is 2.30 bits per heavy atom. The van der Waals surface area contributed by atoms with Crippen molar-refractivity contribution in [2.75, 3.05) is 17.2 Å². The third-order valence-corrected chi connectivity index (χ3v) is 8.56. The molecule has 162 valence electrons. The zero-order valence-corrected chi connectivity index (χ0v) is 18.8. The van der Waals surface area contributed by atoms with Crippen LogP contribution in [0.1, 0.15) is 58.8 Å². The number of amidine groups is 1. The Hall–Kier alpha value is -1.56. The number of carbonyl (C=O) groups excluding carboxylic acids is 1. The average Bonchev–Trinajstić information content (AvgIpc) is 3.04. The summed E-state index contributed by atoms with van der Waals surface area (Å²) in [6.07, 6.45) is 8.95. The first-order chi connectivity index (χ1) is 14.5. The maximum atomic E-state index is 13.5. The lowest BCUT2D eigenvalue weighted by atomic mass is 9.53. The molecule has 1 atom stereocenters. The molecule has 5 fully saturated rings. The van der Waals surface area contributed by atoms with Crippen molar-refractivity contribution in [1.82, 2.24) is 4.90 Å². The van der Waals surface area contributed by atoms with Gasteiger partial charge in [0.2, 0.25) is 5.91 Å². The number of rotatable bonds is 5. The van der Waals surface area contributed by atoms with Gasteiger partial charge in [-0.05, 0) is 87.0 Å². The number of hydrogen-bond acceptors (Lipinski definition) is 3. The van der Waals surface area contributed by atoms with Crippen LogP contribution in [0, 0.1) is 23.6 Å². The van der Waals surface area contributed by atoms with Crippen LogP contribution in [0.3, 0.4) is 0 Å². The highest BCUT2D eigenvalue weighted by atomic mass is 32.2. The molecule has 6 rings (SSSR count). The van der Waals surface area contributed by atoms with Gasteiger partial charge in [0, 0.05) is 24.9 Å². The predicted octanol–water partition coefficient (Wildman–Crippen LogP) is 5.29. The van der Waals surface area contributed by atoms with E-state index in [0.29, 0.717) is 0 Å². The summed E-state index contributed by atoms with van der Waals surface area (Å²) in [5, 5.41) is 1.12. The fourth-order valence-corrected chi connectivity index (χ4v) is 8.08. The molecule has 0 radical (unpaired) electrons. The topological polar surface area (TPSA) is 35.9 Å². The van der Waals surface area contributed by atoms with E-state index in [-0.39, 0.29) is 23.4 Å². The number of aliphatic imine (C=N–C) groups is 1. The summed E-state index contributed by atoms with van der Waals surface area (Å²) in [5.74, 6) is 3.13. The molecular weight excluding hydrogens is 397 g/mol. The van der Waals surface area contributed by atoms with Gasteiger partial charge >= 0.3 is 0 Å². The number of carbonyl (C=O) groups is 1. The second-order valence-electron chi connectivity index (χ2n) is 9.89. The predicted molar refractivity (Wildman–Crippen MR) is 121 cm³/mol. The van der Waals surface area contributed by atoms with Gasteiger partial charge in [-0.3, -0.25) is 14.7 Å². The highest BCUT2D eigenvalue weighted by Gasteiger charge is 2.52. The molecule has 1 saturated heterocycles. The van der Waals surface area contributed by atoms with Gasteiger partial charge in [-0.25, -0.2) is 4.39 Å². The van der Waals surface area contributed by atoms with Gasteiger partial charge in [0.05, 0.1) is 5.54 Å². The van der Waals surface area contributed by atoms with Gasteiger partial charge in [0.1, 0.15) is 12.0 Å². The molecule has 1 aliphatic heterocycles. The van der Waals surface area contributed by atoms with Gasteiger partial charge in [-0.1, -0.05) is 18.7 Å². The first-order valence-corrected chi connectivity index (χ1v) is 12.5. The molecule has 0 spiro atoms. The number of hydrogen-bond donors (Lipinski definition) is 0. The average molecular weight is 430 g/mol. The second-order valence-corrected chi connectivity index (χ2v) is 10.9.